The molecule has 0 heterocycles. The molecule has 0 aliphatic heterocycles. The van der Waals surface area contributed by atoms with Gasteiger partial charge in [0.25, 0.3) is 0 Å². The van der Waals surface area contributed by atoms with E-state index < -0.39 is 21.8 Å². The van der Waals surface area contributed by atoms with Crippen LogP contribution in [-0.2, 0) is 26.2 Å². The van der Waals surface area contributed by atoms with E-state index in [4.69, 9.17) is 21.5 Å². The quantitative estimate of drug-likeness (QED) is 0.654. The second kappa shape index (κ2) is 8.17. The number of nitrogens with one attached hydrogen (secondary N) is 2. The fourth-order valence-corrected chi connectivity index (χ4v) is 2.76. The van der Waals surface area contributed by atoms with Crippen molar-refractivity contribution in [1.82, 2.24) is 5.32 Å². The smallest absolute Gasteiger partial charge is 0.313 e. The lowest BCUT2D eigenvalue weighted by Crippen LogP contribution is -2.34. The molecule has 0 fully saturated rings. The summed E-state index contributed by atoms with van der Waals surface area (Å²) in [7, 11) is -2.32. The largest absolute Gasteiger partial charge is 0.495 e. The molecule has 0 aromatic heterocycles. The van der Waals surface area contributed by atoms with Gasteiger partial charge in [-0.25, -0.2) is 13.6 Å². The Balaban J connectivity index is 1.93. The van der Waals surface area contributed by atoms with Crippen molar-refractivity contribution < 1.29 is 22.7 Å². The van der Waals surface area contributed by atoms with Crippen LogP contribution in [0.1, 0.15) is 5.56 Å². The number of carbonyl (C=O) groups is 2. The minimum Gasteiger partial charge on any atom is -0.495 e. The molecule has 0 saturated heterocycles. The number of halogens is 1. The molecule has 10 heteroatoms. The van der Waals surface area contributed by atoms with Crippen LogP contribution in [0, 0.1) is 0 Å². The van der Waals surface area contributed by atoms with Crippen molar-refractivity contribution in [2.24, 2.45) is 5.14 Å². The Hall–Kier alpha value is -2.62. The maximum Gasteiger partial charge on any atom is 0.313 e. The molecule has 0 radical (unpaired) electrons. The number of amides is 2. The van der Waals surface area contributed by atoms with Crippen LogP contribution in [-0.4, -0.2) is 27.3 Å². The number of hydrogen-bond donors (Lipinski definition) is 3. The number of hydrogen-bond acceptors (Lipinski definition) is 5. The predicted molar refractivity (Wildman–Crippen MR) is 96.3 cm³/mol. The minimum atomic E-state index is -3.78. The molecule has 2 aromatic rings. The van der Waals surface area contributed by atoms with Gasteiger partial charge in [0, 0.05) is 12.2 Å². The second-order valence-electron chi connectivity index (χ2n) is 5.18. The van der Waals surface area contributed by atoms with Crippen molar-refractivity contribution in [2.75, 3.05) is 12.4 Å². The van der Waals surface area contributed by atoms with Gasteiger partial charge in [-0.2, -0.15) is 0 Å². The first-order valence-electron chi connectivity index (χ1n) is 7.25. The summed E-state index contributed by atoms with van der Waals surface area (Å²) in [5.74, 6) is -1.28. The van der Waals surface area contributed by atoms with E-state index in [0.717, 1.165) is 0 Å². The zero-order valence-corrected chi connectivity index (χ0v) is 15.2. The van der Waals surface area contributed by atoms with E-state index in [1.54, 1.807) is 12.1 Å². The summed E-state index contributed by atoms with van der Waals surface area (Å²) in [6, 6.07) is 10.2. The molecule has 138 valence electrons. The zero-order chi connectivity index (χ0) is 19.3. The maximum absolute atomic E-state index is 11.9. The molecular weight excluding hydrogens is 382 g/mol. The Bertz CT molecular complexity index is 929. The van der Waals surface area contributed by atoms with Crippen LogP contribution in [0.4, 0.5) is 5.69 Å². The number of methoxy groups -OCH3 is 1. The van der Waals surface area contributed by atoms with Crippen molar-refractivity contribution in [3.05, 3.63) is 53.1 Å². The summed E-state index contributed by atoms with van der Waals surface area (Å²) in [4.78, 5) is 23.7. The van der Waals surface area contributed by atoms with Crippen LogP contribution in [0.3, 0.4) is 0 Å². The van der Waals surface area contributed by atoms with Crippen LogP contribution < -0.4 is 20.5 Å². The van der Waals surface area contributed by atoms with E-state index in [0.29, 0.717) is 22.0 Å². The Kier molecular flexibility index (Phi) is 6.19. The van der Waals surface area contributed by atoms with Crippen LogP contribution in [0.2, 0.25) is 5.02 Å². The van der Waals surface area contributed by atoms with Crippen LogP contribution in [0.15, 0.2) is 47.4 Å². The lowest BCUT2D eigenvalue weighted by atomic mass is 10.2. The molecule has 0 unspecified atom stereocenters. The molecular formula is C16H16ClN3O5S. The van der Waals surface area contributed by atoms with E-state index in [-0.39, 0.29) is 11.4 Å². The third-order valence-electron chi connectivity index (χ3n) is 3.32. The number of carbonyl (C=O) groups excluding carboxylic acids is 2. The third kappa shape index (κ3) is 5.19. The van der Waals surface area contributed by atoms with Gasteiger partial charge in [0.1, 0.15) is 5.75 Å². The summed E-state index contributed by atoms with van der Waals surface area (Å²) in [6.45, 7) is 0.0422. The highest BCUT2D eigenvalue weighted by atomic mass is 35.5. The van der Waals surface area contributed by atoms with Gasteiger partial charge in [0.05, 0.1) is 17.0 Å². The molecule has 8 nitrogen and oxygen atoms in total. The summed E-state index contributed by atoms with van der Waals surface area (Å²) < 4.78 is 27.4. The van der Waals surface area contributed by atoms with Crippen molar-refractivity contribution in [3.8, 4) is 5.75 Å². The molecule has 0 bridgehead atoms. The number of benzene rings is 2. The fourth-order valence-electron chi connectivity index (χ4n) is 1.99. The number of rotatable bonds is 5. The first-order chi connectivity index (χ1) is 12.2. The standard InChI is InChI=1S/C16H16ClN3O5S/c1-25-14-7-4-11(8-13(14)17)20-16(22)15(21)19-9-10-2-5-12(6-3-10)26(18,23)24/h2-8H,9H2,1H3,(H,19,21)(H,20,22)(H2,18,23,24). The number of nitrogens with two attached hydrogens (primary N) is 1. The summed E-state index contributed by atoms with van der Waals surface area (Å²) in [6.07, 6.45) is 0. The Morgan fingerprint density at radius 3 is 2.31 bits per heavy atom. The Labute approximate surface area is 155 Å². The van der Waals surface area contributed by atoms with Gasteiger partial charge in [-0.05, 0) is 35.9 Å². The van der Waals surface area contributed by atoms with Gasteiger partial charge >= 0.3 is 11.8 Å². The van der Waals surface area contributed by atoms with Gasteiger partial charge in [-0.15, -0.1) is 0 Å². The average molecular weight is 398 g/mol. The monoisotopic (exact) mass is 397 g/mol. The maximum atomic E-state index is 11.9. The lowest BCUT2D eigenvalue weighted by Gasteiger charge is -2.09. The molecule has 2 rings (SSSR count). The lowest BCUT2D eigenvalue weighted by molar-refractivity contribution is -0.136. The highest BCUT2D eigenvalue weighted by Gasteiger charge is 2.14. The fraction of sp³-hybridized carbons (Fsp3) is 0.125. The van der Waals surface area contributed by atoms with E-state index in [2.05, 4.69) is 10.6 Å². The third-order valence-corrected chi connectivity index (χ3v) is 4.55. The zero-order valence-electron chi connectivity index (χ0n) is 13.7. The molecule has 0 atom stereocenters. The number of sulfonamides is 1. The summed E-state index contributed by atoms with van der Waals surface area (Å²) >= 11 is 5.95. The van der Waals surface area contributed by atoms with Gasteiger partial charge in [0.15, 0.2) is 0 Å². The molecule has 4 N–H and O–H groups in total. The first kappa shape index (κ1) is 19.7. The van der Waals surface area contributed by atoms with Gasteiger partial charge in [-0.1, -0.05) is 23.7 Å². The minimum absolute atomic E-state index is 0.0401. The highest BCUT2D eigenvalue weighted by molar-refractivity contribution is 7.89. The van der Waals surface area contributed by atoms with Gasteiger partial charge in [-0.3, -0.25) is 9.59 Å². The number of primary sulfonamides is 1. The van der Waals surface area contributed by atoms with Crippen LogP contribution in [0.5, 0.6) is 5.75 Å². The molecule has 0 aliphatic rings. The number of anilines is 1. The van der Waals surface area contributed by atoms with E-state index >= 15 is 0 Å². The van der Waals surface area contributed by atoms with Crippen LogP contribution in [0.25, 0.3) is 0 Å². The van der Waals surface area contributed by atoms with E-state index in [1.807, 2.05) is 0 Å². The molecule has 0 aliphatic carbocycles. The van der Waals surface area contributed by atoms with Crippen molar-refractivity contribution >= 4 is 39.1 Å². The van der Waals surface area contributed by atoms with E-state index in [1.165, 1.54) is 37.4 Å². The topological polar surface area (TPSA) is 128 Å². The number of ether oxygens (including phenoxy) is 1. The molecule has 26 heavy (non-hydrogen) atoms. The Morgan fingerprint density at radius 1 is 1.12 bits per heavy atom. The molecule has 0 saturated carbocycles. The Morgan fingerprint density at radius 2 is 1.77 bits per heavy atom. The normalized spacial score (nSPS) is 10.9. The summed E-state index contributed by atoms with van der Waals surface area (Å²) in [5, 5.41) is 10.1. The molecule has 0 spiro atoms. The second-order valence-corrected chi connectivity index (χ2v) is 7.14. The highest BCUT2D eigenvalue weighted by Crippen LogP contribution is 2.27. The predicted octanol–water partition coefficient (Wildman–Crippen LogP) is 1.25. The van der Waals surface area contributed by atoms with Gasteiger partial charge < -0.3 is 15.4 Å². The van der Waals surface area contributed by atoms with Crippen molar-refractivity contribution in [3.63, 3.8) is 0 Å². The molecule has 2 aromatic carbocycles. The van der Waals surface area contributed by atoms with Gasteiger partial charge in [0.2, 0.25) is 10.0 Å². The van der Waals surface area contributed by atoms with E-state index in [9.17, 15) is 18.0 Å². The van der Waals surface area contributed by atoms with Crippen molar-refractivity contribution in [1.29, 1.82) is 0 Å². The molecule has 2 amide bonds. The first-order valence-corrected chi connectivity index (χ1v) is 9.17. The van der Waals surface area contributed by atoms with Crippen LogP contribution >= 0.6 is 11.6 Å². The summed E-state index contributed by atoms with van der Waals surface area (Å²) in [5.41, 5.74) is 0.944. The van der Waals surface area contributed by atoms with Crippen molar-refractivity contribution in [2.45, 2.75) is 11.4 Å². The SMILES string of the molecule is COc1ccc(NC(=O)C(=O)NCc2ccc(S(N)(=O)=O)cc2)cc1Cl. The average Bonchev–Trinajstić information content (AvgIpc) is 2.59.